The second-order valence-corrected chi connectivity index (χ2v) is 11.4. The van der Waals surface area contributed by atoms with Gasteiger partial charge in [-0.05, 0) is 58.0 Å². The summed E-state index contributed by atoms with van der Waals surface area (Å²) in [7, 11) is 0. The highest BCUT2D eigenvalue weighted by Crippen LogP contribution is 2.40. The molecule has 0 saturated carbocycles. The van der Waals surface area contributed by atoms with Gasteiger partial charge in [0, 0.05) is 15.1 Å². The molecule has 0 radical (unpaired) electrons. The first-order valence-corrected chi connectivity index (χ1v) is 14.4. The van der Waals surface area contributed by atoms with Crippen LogP contribution in [-0.4, -0.2) is 56.3 Å². The Hall–Kier alpha value is -3.45. The zero-order valence-corrected chi connectivity index (χ0v) is 24.9. The highest BCUT2D eigenvalue weighted by molar-refractivity contribution is 14.1. The minimum Gasteiger partial charge on any atom is -0.491 e. The minimum atomic E-state index is -0.994. The Morgan fingerprint density at radius 2 is 1.83 bits per heavy atom. The fraction of sp³-hybridized carbons (Fsp3) is 0.233. The number of H-pyrrole nitrogens is 1. The number of nitrogens with zero attached hydrogens (tertiary/aromatic N) is 2. The van der Waals surface area contributed by atoms with E-state index in [1.165, 1.54) is 4.90 Å². The molecular formula is C30H28ClIN4O5. The number of hydrogen-bond acceptors (Lipinski definition) is 6. The number of aliphatic hydroxyl groups excluding tert-OH is 2. The summed E-state index contributed by atoms with van der Waals surface area (Å²) in [5.74, 6) is 0.228. The molecule has 1 saturated heterocycles. The average Bonchev–Trinajstić information content (AvgIpc) is 3.57. The third kappa shape index (κ3) is 6.25. The molecule has 11 heteroatoms. The molecule has 0 spiro atoms. The summed E-state index contributed by atoms with van der Waals surface area (Å²) in [5.41, 5.74) is 2.97. The van der Waals surface area contributed by atoms with Crippen LogP contribution in [0.25, 0.3) is 11.3 Å². The van der Waals surface area contributed by atoms with Gasteiger partial charge >= 0.3 is 6.03 Å². The van der Waals surface area contributed by atoms with Crippen LogP contribution in [0, 0.1) is 3.57 Å². The van der Waals surface area contributed by atoms with Crippen LogP contribution in [-0.2, 0) is 4.79 Å². The lowest BCUT2D eigenvalue weighted by molar-refractivity contribution is -0.129. The lowest BCUT2D eigenvalue weighted by Gasteiger charge is -2.29. The first kappa shape index (κ1) is 29.1. The third-order valence-corrected chi connectivity index (χ3v) is 8.00. The summed E-state index contributed by atoms with van der Waals surface area (Å²) < 4.78 is 6.46. The molecule has 5 rings (SSSR count). The number of aliphatic hydroxyl groups is 2. The molecule has 41 heavy (non-hydrogen) atoms. The van der Waals surface area contributed by atoms with Gasteiger partial charge < -0.3 is 25.3 Å². The van der Waals surface area contributed by atoms with Gasteiger partial charge in [-0.3, -0.25) is 9.69 Å². The van der Waals surface area contributed by atoms with Crippen LogP contribution in [0.15, 0.2) is 79.0 Å². The predicted molar refractivity (Wildman–Crippen MR) is 162 cm³/mol. The number of aromatic amines is 1. The number of carbonyl (C=O) groups is 2. The number of imide groups is 1. The number of rotatable bonds is 10. The number of hydrogen-bond donors (Lipinski definition) is 4. The summed E-state index contributed by atoms with van der Waals surface area (Å²) >= 11 is 8.71. The summed E-state index contributed by atoms with van der Waals surface area (Å²) in [4.78, 5) is 36.5. The Bertz CT molecular complexity index is 1530. The fourth-order valence-electron chi connectivity index (χ4n) is 4.84. The number of halogens is 2. The van der Waals surface area contributed by atoms with Crippen molar-refractivity contribution in [3.8, 4) is 17.0 Å². The van der Waals surface area contributed by atoms with Crippen molar-refractivity contribution in [1.82, 2.24) is 20.2 Å². The van der Waals surface area contributed by atoms with Crippen LogP contribution in [0.4, 0.5) is 4.79 Å². The SMILES string of the molecule is C[C@@H](c1ccccc1)[C@@H](c1ncc(-c2ccc(I)cc2Cl)[nH]1)N1C(=O)NC(c2ccc(OC[C@@H](O)CO)cc2)C1=O. The molecule has 3 amide bonds. The van der Waals surface area contributed by atoms with Crippen LogP contribution >= 0.6 is 34.2 Å². The summed E-state index contributed by atoms with van der Waals surface area (Å²) in [6.45, 7) is 1.48. The van der Waals surface area contributed by atoms with Crippen molar-refractivity contribution in [3.05, 3.63) is 105 Å². The van der Waals surface area contributed by atoms with E-state index in [1.807, 2.05) is 55.5 Å². The summed E-state index contributed by atoms with van der Waals surface area (Å²) in [6.07, 6.45) is 0.669. The number of imidazole rings is 1. The smallest absolute Gasteiger partial charge is 0.325 e. The van der Waals surface area contributed by atoms with Gasteiger partial charge in [-0.1, -0.05) is 67.1 Å². The Kier molecular flexibility index (Phi) is 8.93. The first-order valence-electron chi connectivity index (χ1n) is 13.0. The van der Waals surface area contributed by atoms with E-state index < -0.39 is 36.7 Å². The Labute approximate surface area is 255 Å². The number of ether oxygens (including phenoxy) is 1. The zero-order chi connectivity index (χ0) is 29.1. The van der Waals surface area contributed by atoms with Crippen molar-refractivity contribution in [2.24, 2.45) is 0 Å². The van der Waals surface area contributed by atoms with E-state index in [0.29, 0.717) is 27.9 Å². The second-order valence-electron chi connectivity index (χ2n) is 9.76. The number of carbonyl (C=O) groups excluding carboxylic acids is 2. The normalized spacial score (nSPS) is 17.3. The molecule has 1 aromatic heterocycles. The Morgan fingerprint density at radius 1 is 1.10 bits per heavy atom. The van der Waals surface area contributed by atoms with Crippen LogP contribution in [0.1, 0.15) is 41.9 Å². The van der Waals surface area contributed by atoms with Crippen molar-refractivity contribution in [2.45, 2.75) is 31.0 Å². The van der Waals surface area contributed by atoms with E-state index in [2.05, 4.69) is 37.9 Å². The maximum atomic E-state index is 13.9. The molecule has 1 aliphatic heterocycles. The second kappa shape index (κ2) is 12.6. The quantitative estimate of drug-likeness (QED) is 0.134. The van der Waals surface area contributed by atoms with Gasteiger partial charge in [0.15, 0.2) is 0 Å². The van der Waals surface area contributed by atoms with Crippen molar-refractivity contribution >= 4 is 46.1 Å². The highest BCUT2D eigenvalue weighted by atomic mass is 127. The van der Waals surface area contributed by atoms with E-state index in [0.717, 1.165) is 14.7 Å². The van der Waals surface area contributed by atoms with Crippen LogP contribution in [0.2, 0.25) is 5.02 Å². The molecule has 4 N–H and O–H groups in total. The lowest BCUT2D eigenvalue weighted by atomic mass is 9.91. The van der Waals surface area contributed by atoms with E-state index in [-0.39, 0.29) is 12.5 Å². The van der Waals surface area contributed by atoms with Crippen molar-refractivity contribution in [2.75, 3.05) is 13.2 Å². The van der Waals surface area contributed by atoms with Gasteiger partial charge in [0.25, 0.3) is 5.91 Å². The zero-order valence-electron chi connectivity index (χ0n) is 22.0. The van der Waals surface area contributed by atoms with E-state index in [4.69, 9.17) is 21.4 Å². The molecule has 0 aliphatic carbocycles. The molecule has 4 aromatic rings. The summed E-state index contributed by atoms with van der Waals surface area (Å²) in [6, 6.07) is 19.9. The summed E-state index contributed by atoms with van der Waals surface area (Å²) in [5, 5.41) is 21.9. The molecule has 212 valence electrons. The number of nitrogens with one attached hydrogen (secondary N) is 2. The molecule has 1 aliphatic rings. The molecule has 2 heterocycles. The average molecular weight is 687 g/mol. The first-order chi connectivity index (χ1) is 19.8. The van der Waals surface area contributed by atoms with Gasteiger partial charge in [0.2, 0.25) is 0 Å². The maximum absolute atomic E-state index is 13.9. The largest absolute Gasteiger partial charge is 0.491 e. The van der Waals surface area contributed by atoms with Gasteiger partial charge in [-0.25, -0.2) is 9.78 Å². The van der Waals surface area contributed by atoms with Crippen molar-refractivity contribution in [1.29, 1.82) is 0 Å². The number of benzene rings is 3. The monoisotopic (exact) mass is 686 g/mol. The Morgan fingerprint density at radius 3 is 2.51 bits per heavy atom. The van der Waals surface area contributed by atoms with Crippen LogP contribution in [0.3, 0.4) is 0 Å². The molecule has 1 unspecified atom stereocenters. The third-order valence-electron chi connectivity index (χ3n) is 7.01. The number of urea groups is 1. The van der Waals surface area contributed by atoms with Gasteiger partial charge in [0.1, 0.15) is 36.4 Å². The molecule has 3 aromatic carbocycles. The molecule has 0 bridgehead atoms. The van der Waals surface area contributed by atoms with E-state index >= 15 is 0 Å². The van der Waals surface area contributed by atoms with Crippen LogP contribution < -0.4 is 10.1 Å². The van der Waals surface area contributed by atoms with Crippen molar-refractivity contribution < 1.29 is 24.5 Å². The number of amides is 3. The molecular weight excluding hydrogens is 659 g/mol. The molecule has 1 fully saturated rings. The lowest BCUT2D eigenvalue weighted by Crippen LogP contribution is -2.38. The van der Waals surface area contributed by atoms with E-state index in [9.17, 15) is 14.7 Å². The topological polar surface area (TPSA) is 128 Å². The fourth-order valence-corrected chi connectivity index (χ4v) is 5.80. The molecule has 9 nitrogen and oxygen atoms in total. The Balaban J connectivity index is 1.46. The maximum Gasteiger partial charge on any atom is 0.325 e. The van der Waals surface area contributed by atoms with Crippen LogP contribution in [0.5, 0.6) is 5.75 Å². The van der Waals surface area contributed by atoms with Gasteiger partial charge in [0.05, 0.1) is 23.5 Å². The highest BCUT2D eigenvalue weighted by Gasteiger charge is 2.46. The van der Waals surface area contributed by atoms with Gasteiger partial charge in [-0.2, -0.15) is 0 Å². The molecule has 4 atom stereocenters. The van der Waals surface area contributed by atoms with Gasteiger partial charge in [-0.15, -0.1) is 0 Å². The van der Waals surface area contributed by atoms with E-state index in [1.54, 1.807) is 30.5 Å². The standard InChI is InChI=1S/C30H28ClIN4O5/c1-17(18-5-3-2-4-6-18)27(28-33-14-25(34-28)23-12-9-20(32)13-24(23)31)36-29(39)26(35-30(36)40)19-7-10-22(11-8-19)41-16-21(38)15-37/h2-14,17,21,26-27,37-38H,15-16H2,1H3,(H,33,34)(H,35,40)/t17-,21-,26?,27-/m0/s1. The number of aromatic nitrogens is 2. The predicted octanol–water partition coefficient (Wildman–Crippen LogP) is 5.20. The van der Waals surface area contributed by atoms with Crippen molar-refractivity contribution in [3.63, 3.8) is 0 Å². The minimum absolute atomic E-state index is 0.0691.